The number of thioether (sulfide) groups is 1. The molecule has 2 aromatic rings. The minimum absolute atomic E-state index is 0.0172. The average molecular weight is 388 g/mol. The Morgan fingerprint density at radius 2 is 2.00 bits per heavy atom. The second-order valence-electron chi connectivity index (χ2n) is 5.83. The first-order valence-corrected chi connectivity index (χ1v) is 9.20. The number of ether oxygens (including phenoxy) is 1. The van der Waals surface area contributed by atoms with Gasteiger partial charge in [-0.3, -0.25) is 14.4 Å². The van der Waals surface area contributed by atoms with Gasteiger partial charge in [0.15, 0.2) is 0 Å². The fourth-order valence-corrected chi connectivity index (χ4v) is 3.61. The molecule has 0 aliphatic carbocycles. The van der Waals surface area contributed by atoms with Crippen LogP contribution in [0.2, 0.25) is 0 Å². The summed E-state index contributed by atoms with van der Waals surface area (Å²) in [5.74, 6) is -0.878. The molecule has 3 amide bonds. The van der Waals surface area contributed by atoms with E-state index in [1.807, 2.05) is 0 Å². The molecule has 0 saturated carbocycles. The molecule has 1 N–H and O–H groups in total. The minimum Gasteiger partial charge on any atom is -0.497 e. The zero-order chi connectivity index (χ0) is 19.4. The van der Waals surface area contributed by atoms with E-state index in [-0.39, 0.29) is 29.9 Å². The van der Waals surface area contributed by atoms with Crippen molar-refractivity contribution in [2.45, 2.75) is 11.7 Å². The lowest BCUT2D eigenvalue weighted by Gasteiger charge is -2.15. The molecule has 6 nitrogen and oxygen atoms in total. The molecule has 3 rings (SSSR count). The molecule has 0 radical (unpaired) electrons. The summed E-state index contributed by atoms with van der Waals surface area (Å²) in [5, 5.41) is 1.94. The second kappa shape index (κ2) is 8.22. The second-order valence-corrected chi connectivity index (χ2v) is 7.02. The Morgan fingerprint density at radius 3 is 2.67 bits per heavy atom. The standard InChI is InChI=1S/C19H17FN2O4S/c1-26-15-7-5-14(6-8-15)22-18(24)10-16(19(22)25)27-11-17(23)21-13-4-2-3-12(20)9-13/h2-9,16H,10-11H2,1H3,(H,21,23)/t16-/m0/s1. The number of hydrogen-bond acceptors (Lipinski definition) is 5. The summed E-state index contributed by atoms with van der Waals surface area (Å²) >= 11 is 1.09. The number of imide groups is 1. The monoisotopic (exact) mass is 388 g/mol. The molecule has 0 spiro atoms. The van der Waals surface area contributed by atoms with Gasteiger partial charge >= 0.3 is 0 Å². The van der Waals surface area contributed by atoms with E-state index in [4.69, 9.17) is 4.74 Å². The first-order valence-electron chi connectivity index (χ1n) is 8.16. The molecule has 0 bridgehead atoms. The van der Waals surface area contributed by atoms with E-state index in [0.717, 1.165) is 16.7 Å². The fraction of sp³-hybridized carbons (Fsp3) is 0.211. The van der Waals surface area contributed by atoms with Crippen LogP contribution >= 0.6 is 11.8 Å². The summed E-state index contributed by atoms with van der Waals surface area (Å²) in [6.07, 6.45) is 0.0305. The molecular weight excluding hydrogens is 371 g/mol. The number of rotatable bonds is 6. The highest BCUT2D eigenvalue weighted by molar-refractivity contribution is 8.01. The number of anilines is 2. The Morgan fingerprint density at radius 1 is 1.26 bits per heavy atom. The van der Waals surface area contributed by atoms with Crippen molar-refractivity contribution in [1.82, 2.24) is 0 Å². The fourth-order valence-electron chi connectivity index (χ4n) is 2.68. The smallest absolute Gasteiger partial charge is 0.247 e. The van der Waals surface area contributed by atoms with Crippen LogP contribution in [0.4, 0.5) is 15.8 Å². The van der Waals surface area contributed by atoms with E-state index in [1.54, 1.807) is 30.3 Å². The van der Waals surface area contributed by atoms with Crippen LogP contribution in [0.15, 0.2) is 48.5 Å². The van der Waals surface area contributed by atoms with Crippen LogP contribution in [0.1, 0.15) is 6.42 Å². The van der Waals surface area contributed by atoms with Crippen molar-refractivity contribution in [3.8, 4) is 5.75 Å². The molecule has 1 saturated heterocycles. The number of halogens is 1. The number of nitrogens with zero attached hydrogens (tertiary/aromatic N) is 1. The number of carbonyl (C=O) groups excluding carboxylic acids is 3. The predicted molar refractivity (Wildman–Crippen MR) is 101 cm³/mol. The van der Waals surface area contributed by atoms with Gasteiger partial charge in [0.25, 0.3) is 0 Å². The molecular formula is C19H17FN2O4S. The van der Waals surface area contributed by atoms with E-state index >= 15 is 0 Å². The topological polar surface area (TPSA) is 75.7 Å². The van der Waals surface area contributed by atoms with Crippen molar-refractivity contribution in [2.24, 2.45) is 0 Å². The van der Waals surface area contributed by atoms with Crippen LogP contribution < -0.4 is 15.0 Å². The van der Waals surface area contributed by atoms with Crippen molar-refractivity contribution >= 4 is 40.9 Å². The number of benzene rings is 2. The first kappa shape index (κ1) is 18.9. The van der Waals surface area contributed by atoms with Crippen LogP contribution in [0.5, 0.6) is 5.75 Å². The van der Waals surface area contributed by atoms with Crippen LogP contribution in [0.25, 0.3) is 0 Å². The lowest BCUT2D eigenvalue weighted by Crippen LogP contribution is -2.31. The van der Waals surface area contributed by atoms with Gasteiger partial charge < -0.3 is 10.1 Å². The van der Waals surface area contributed by atoms with Gasteiger partial charge in [-0.05, 0) is 42.5 Å². The van der Waals surface area contributed by atoms with Crippen molar-refractivity contribution in [2.75, 3.05) is 23.1 Å². The molecule has 27 heavy (non-hydrogen) atoms. The van der Waals surface area contributed by atoms with Gasteiger partial charge in [0.2, 0.25) is 17.7 Å². The van der Waals surface area contributed by atoms with E-state index < -0.39 is 11.1 Å². The number of hydrogen-bond donors (Lipinski definition) is 1. The van der Waals surface area contributed by atoms with Gasteiger partial charge in [-0.2, -0.15) is 0 Å². The normalized spacial score (nSPS) is 16.5. The summed E-state index contributed by atoms with van der Waals surface area (Å²) in [7, 11) is 1.53. The van der Waals surface area contributed by atoms with Crippen LogP contribution in [0, 0.1) is 5.82 Å². The molecule has 1 heterocycles. The molecule has 1 atom stereocenters. The molecule has 140 valence electrons. The highest BCUT2D eigenvalue weighted by atomic mass is 32.2. The summed E-state index contributed by atoms with van der Waals surface area (Å²) < 4.78 is 18.2. The number of methoxy groups -OCH3 is 1. The summed E-state index contributed by atoms with van der Waals surface area (Å²) in [6.45, 7) is 0. The molecule has 1 aliphatic heterocycles. The molecule has 0 unspecified atom stereocenters. The third kappa shape index (κ3) is 4.46. The summed E-state index contributed by atoms with van der Waals surface area (Å²) in [6, 6.07) is 12.2. The van der Waals surface area contributed by atoms with E-state index in [0.29, 0.717) is 17.1 Å². The largest absolute Gasteiger partial charge is 0.497 e. The Kier molecular flexibility index (Phi) is 5.75. The summed E-state index contributed by atoms with van der Waals surface area (Å²) in [4.78, 5) is 37.9. The van der Waals surface area contributed by atoms with Crippen molar-refractivity contribution < 1.29 is 23.5 Å². The van der Waals surface area contributed by atoms with Crippen LogP contribution in [0.3, 0.4) is 0 Å². The predicted octanol–water partition coefficient (Wildman–Crippen LogP) is 2.84. The molecule has 1 fully saturated rings. The maximum absolute atomic E-state index is 13.1. The molecule has 0 aromatic heterocycles. The molecule has 2 aromatic carbocycles. The lowest BCUT2D eigenvalue weighted by molar-refractivity contribution is -0.121. The van der Waals surface area contributed by atoms with Gasteiger partial charge in [0.1, 0.15) is 11.6 Å². The van der Waals surface area contributed by atoms with Gasteiger partial charge in [-0.15, -0.1) is 11.8 Å². The van der Waals surface area contributed by atoms with Crippen molar-refractivity contribution in [3.05, 3.63) is 54.3 Å². The Bertz CT molecular complexity index is 872. The number of amides is 3. The lowest BCUT2D eigenvalue weighted by atomic mass is 10.3. The zero-order valence-corrected chi connectivity index (χ0v) is 15.3. The Balaban J connectivity index is 1.58. The third-order valence-electron chi connectivity index (χ3n) is 3.96. The maximum Gasteiger partial charge on any atom is 0.247 e. The Labute approximate surface area is 159 Å². The molecule has 8 heteroatoms. The van der Waals surface area contributed by atoms with Crippen LogP contribution in [-0.2, 0) is 14.4 Å². The SMILES string of the molecule is COc1ccc(N2C(=O)C[C@H](SCC(=O)Nc3cccc(F)c3)C2=O)cc1. The Hall–Kier alpha value is -2.87. The number of carbonyl (C=O) groups is 3. The van der Waals surface area contributed by atoms with Gasteiger partial charge in [-0.25, -0.2) is 9.29 Å². The highest BCUT2D eigenvalue weighted by Gasteiger charge is 2.40. The zero-order valence-electron chi connectivity index (χ0n) is 14.5. The van der Waals surface area contributed by atoms with Crippen molar-refractivity contribution in [3.63, 3.8) is 0 Å². The maximum atomic E-state index is 13.1. The van der Waals surface area contributed by atoms with E-state index in [2.05, 4.69) is 5.32 Å². The molecule has 1 aliphatic rings. The number of nitrogens with one attached hydrogen (secondary N) is 1. The highest BCUT2D eigenvalue weighted by Crippen LogP contribution is 2.30. The van der Waals surface area contributed by atoms with Crippen LogP contribution in [-0.4, -0.2) is 35.8 Å². The quantitative estimate of drug-likeness (QED) is 0.770. The van der Waals surface area contributed by atoms with E-state index in [9.17, 15) is 18.8 Å². The van der Waals surface area contributed by atoms with E-state index in [1.165, 1.54) is 25.3 Å². The average Bonchev–Trinajstić information content (AvgIpc) is 2.94. The van der Waals surface area contributed by atoms with Gasteiger partial charge in [0, 0.05) is 12.1 Å². The van der Waals surface area contributed by atoms with Gasteiger partial charge in [0.05, 0.1) is 23.8 Å². The first-order chi connectivity index (χ1) is 13.0. The minimum atomic E-state index is -0.627. The third-order valence-corrected chi connectivity index (χ3v) is 5.16. The summed E-state index contributed by atoms with van der Waals surface area (Å²) in [5.41, 5.74) is 0.812. The van der Waals surface area contributed by atoms with Crippen molar-refractivity contribution in [1.29, 1.82) is 0 Å². The van der Waals surface area contributed by atoms with Gasteiger partial charge in [-0.1, -0.05) is 6.07 Å².